The Balaban J connectivity index is 1.53. The molecule has 0 aromatic heterocycles. The van der Waals surface area contributed by atoms with Crippen molar-refractivity contribution >= 4 is 27.6 Å². The number of hydrogen-bond acceptors (Lipinski definition) is 3. The van der Waals surface area contributed by atoms with E-state index in [-0.39, 0.29) is 12.1 Å². The fraction of sp³-hybridized carbons (Fsp3) is 0.316. The fourth-order valence-electron chi connectivity index (χ4n) is 3.44. The lowest BCUT2D eigenvalue weighted by molar-refractivity contribution is 0.171. The number of rotatable bonds is 2. The average molecular weight is 403 g/mol. The Morgan fingerprint density at radius 2 is 1.92 bits per heavy atom. The van der Waals surface area contributed by atoms with Crippen LogP contribution in [0.3, 0.4) is 0 Å². The quantitative estimate of drug-likeness (QED) is 0.810. The maximum absolute atomic E-state index is 12.8. The molecule has 130 valence electrons. The lowest BCUT2D eigenvalue weighted by atomic mass is 10.1. The highest BCUT2D eigenvalue weighted by Crippen LogP contribution is 2.39. The number of carbonyl (C=O) groups excluding carboxylic acids is 1. The molecule has 4 rings (SSSR count). The van der Waals surface area contributed by atoms with Crippen LogP contribution in [0.5, 0.6) is 11.5 Å². The fourth-order valence-corrected chi connectivity index (χ4v) is 3.86. The van der Waals surface area contributed by atoms with Crippen molar-refractivity contribution in [2.75, 3.05) is 25.6 Å². The molecule has 1 aliphatic carbocycles. The van der Waals surface area contributed by atoms with E-state index in [2.05, 4.69) is 33.4 Å². The van der Waals surface area contributed by atoms with Gasteiger partial charge in [0.1, 0.15) is 13.2 Å². The molecule has 1 N–H and O–H groups in total. The van der Waals surface area contributed by atoms with E-state index in [1.807, 2.05) is 25.2 Å². The average Bonchev–Trinajstić information content (AvgIpc) is 3.05. The number of carbonyl (C=O) groups is 1. The molecule has 1 heterocycles. The Morgan fingerprint density at radius 3 is 2.72 bits per heavy atom. The van der Waals surface area contributed by atoms with E-state index in [0.29, 0.717) is 30.4 Å². The van der Waals surface area contributed by atoms with Crippen LogP contribution in [0.4, 0.5) is 10.5 Å². The maximum Gasteiger partial charge on any atom is 0.322 e. The number of nitrogens with zero attached hydrogens (tertiary/aromatic N) is 1. The normalized spacial score (nSPS) is 17.8. The van der Waals surface area contributed by atoms with Gasteiger partial charge in [0.25, 0.3) is 0 Å². The summed E-state index contributed by atoms with van der Waals surface area (Å²) < 4.78 is 11.9. The van der Waals surface area contributed by atoms with Crippen LogP contribution in [0.15, 0.2) is 40.9 Å². The van der Waals surface area contributed by atoms with Gasteiger partial charge in [-0.3, -0.25) is 0 Å². The molecule has 2 amide bonds. The molecular formula is C19H19BrN2O3. The summed E-state index contributed by atoms with van der Waals surface area (Å²) in [6.45, 7) is 1.05. The van der Waals surface area contributed by atoms with E-state index in [9.17, 15) is 4.79 Å². The molecule has 1 aliphatic heterocycles. The van der Waals surface area contributed by atoms with Gasteiger partial charge >= 0.3 is 6.03 Å². The van der Waals surface area contributed by atoms with Gasteiger partial charge in [-0.25, -0.2) is 4.79 Å². The van der Waals surface area contributed by atoms with Crippen molar-refractivity contribution in [1.29, 1.82) is 0 Å². The summed E-state index contributed by atoms with van der Waals surface area (Å²) in [7, 11) is 1.84. The second-order valence-corrected chi connectivity index (χ2v) is 7.12. The first-order valence-corrected chi connectivity index (χ1v) is 9.13. The van der Waals surface area contributed by atoms with Gasteiger partial charge in [0.2, 0.25) is 0 Å². The first kappa shape index (κ1) is 16.3. The molecule has 1 unspecified atom stereocenters. The topological polar surface area (TPSA) is 50.8 Å². The molecule has 0 saturated heterocycles. The van der Waals surface area contributed by atoms with Crippen LogP contribution in [0.1, 0.15) is 23.6 Å². The summed E-state index contributed by atoms with van der Waals surface area (Å²) in [4.78, 5) is 14.5. The lowest BCUT2D eigenvalue weighted by Gasteiger charge is -2.26. The Labute approximate surface area is 155 Å². The van der Waals surface area contributed by atoms with Gasteiger partial charge < -0.3 is 19.7 Å². The molecule has 1 atom stereocenters. The van der Waals surface area contributed by atoms with Crippen molar-refractivity contribution in [3.05, 3.63) is 52.0 Å². The van der Waals surface area contributed by atoms with Crippen molar-refractivity contribution in [3.63, 3.8) is 0 Å². The van der Waals surface area contributed by atoms with E-state index in [1.54, 1.807) is 11.0 Å². The SMILES string of the molecule is CN(C(=O)Nc1cc2c(cc1Br)OCCO2)C1CCc2ccccc21. The monoisotopic (exact) mass is 402 g/mol. The van der Waals surface area contributed by atoms with E-state index in [4.69, 9.17) is 9.47 Å². The van der Waals surface area contributed by atoms with Crippen LogP contribution in [0.25, 0.3) is 0 Å². The summed E-state index contributed by atoms with van der Waals surface area (Å²) in [6, 6.07) is 11.9. The number of fused-ring (bicyclic) bond motifs is 2. The van der Waals surface area contributed by atoms with Crippen LogP contribution in [-0.4, -0.2) is 31.2 Å². The molecule has 2 aliphatic rings. The largest absolute Gasteiger partial charge is 0.486 e. The number of anilines is 1. The van der Waals surface area contributed by atoms with Gasteiger partial charge in [-0.1, -0.05) is 24.3 Å². The summed E-state index contributed by atoms with van der Waals surface area (Å²) in [6.07, 6.45) is 1.96. The molecule has 2 aromatic carbocycles. The number of benzene rings is 2. The van der Waals surface area contributed by atoms with Crippen LogP contribution >= 0.6 is 15.9 Å². The van der Waals surface area contributed by atoms with E-state index in [1.165, 1.54) is 11.1 Å². The number of amides is 2. The molecule has 25 heavy (non-hydrogen) atoms. The third-order valence-electron chi connectivity index (χ3n) is 4.76. The van der Waals surface area contributed by atoms with Gasteiger partial charge in [-0.05, 0) is 39.9 Å². The zero-order valence-electron chi connectivity index (χ0n) is 13.9. The number of urea groups is 1. The van der Waals surface area contributed by atoms with E-state index < -0.39 is 0 Å². The first-order valence-electron chi connectivity index (χ1n) is 8.34. The zero-order chi connectivity index (χ0) is 17.4. The third-order valence-corrected chi connectivity index (χ3v) is 5.42. The minimum absolute atomic E-state index is 0.104. The number of halogens is 1. The Hall–Kier alpha value is -2.21. The standard InChI is InChI=1S/C19H19BrN2O3/c1-22(16-7-6-12-4-2-3-5-13(12)16)19(23)21-15-11-18-17(10-14(15)20)24-8-9-25-18/h2-5,10-11,16H,6-9H2,1H3,(H,21,23). The van der Waals surface area contributed by atoms with Gasteiger partial charge in [-0.2, -0.15) is 0 Å². The summed E-state index contributed by atoms with van der Waals surface area (Å²) in [5.41, 5.74) is 3.24. The predicted octanol–water partition coefficient (Wildman–Crippen LogP) is 4.37. The van der Waals surface area contributed by atoms with Crippen molar-refractivity contribution in [2.45, 2.75) is 18.9 Å². The minimum Gasteiger partial charge on any atom is -0.486 e. The zero-order valence-corrected chi connectivity index (χ0v) is 15.5. The molecule has 6 heteroatoms. The molecule has 2 aromatic rings. The number of nitrogens with one attached hydrogen (secondary N) is 1. The molecule has 0 bridgehead atoms. The molecule has 0 saturated carbocycles. The van der Waals surface area contributed by atoms with Gasteiger partial charge in [0, 0.05) is 23.7 Å². The van der Waals surface area contributed by atoms with Gasteiger partial charge in [0.15, 0.2) is 11.5 Å². The van der Waals surface area contributed by atoms with Crippen molar-refractivity contribution < 1.29 is 14.3 Å². The van der Waals surface area contributed by atoms with Crippen LogP contribution in [0.2, 0.25) is 0 Å². The second-order valence-electron chi connectivity index (χ2n) is 6.27. The van der Waals surface area contributed by atoms with E-state index >= 15 is 0 Å². The lowest BCUT2D eigenvalue weighted by Crippen LogP contribution is -2.34. The highest BCUT2D eigenvalue weighted by molar-refractivity contribution is 9.10. The number of hydrogen-bond donors (Lipinski definition) is 1. The summed E-state index contributed by atoms with van der Waals surface area (Å²) >= 11 is 3.49. The van der Waals surface area contributed by atoms with Crippen molar-refractivity contribution in [1.82, 2.24) is 4.90 Å². The maximum atomic E-state index is 12.8. The van der Waals surface area contributed by atoms with Gasteiger partial charge in [0.05, 0.1) is 11.7 Å². The molecule has 0 spiro atoms. The predicted molar refractivity (Wildman–Crippen MR) is 99.4 cm³/mol. The highest BCUT2D eigenvalue weighted by atomic mass is 79.9. The molecule has 0 radical (unpaired) electrons. The second kappa shape index (κ2) is 6.59. The minimum atomic E-state index is -0.140. The van der Waals surface area contributed by atoms with Crippen LogP contribution < -0.4 is 14.8 Å². The van der Waals surface area contributed by atoms with Gasteiger partial charge in [-0.15, -0.1) is 0 Å². The third kappa shape index (κ3) is 3.06. The molecule has 5 nitrogen and oxygen atoms in total. The summed E-state index contributed by atoms with van der Waals surface area (Å²) in [5, 5.41) is 2.97. The Kier molecular flexibility index (Phi) is 4.29. The summed E-state index contributed by atoms with van der Waals surface area (Å²) in [5.74, 6) is 1.34. The smallest absolute Gasteiger partial charge is 0.322 e. The number of aryl methyl sites for hydroxylation is 1. The number of ether oxygens (including phenoxy) is 2. The van der Waals surface area contributed by atoms with E-state index in [0.717, 1.165) is 17.3 Å². The van der Waals surface area contributed by atoms with Crippen molar-refractivity contribution in [3.8, 4) is 11.5 Å². The molecular weight excluding hydrogens is 384 g/mol. The highest BCUT2D eigenvalue weighted by Gasteiger charge is 2.28. The van der Waals surface area contributed by atoms with Crippen molar-refractivity contribution in [2.24, 2.45) is 0 Å². The molecule has 0 fully saturated rings. The Bertz CT molecular complexity index is 824. The first-order chi connectivity index (χ1) is 12.1. The van der Waals surface area contributed by atoms with Crippen LogP contribution in [0, 0.1) is 0 Å². The Morgan fingerprint density at radius 1 is 1.20 bits per heavy atom. The van der Waals surface area contributed by atoms with Crippen LogP contribution in [-0.2, 0) is 6.42 Å².